The first-order valence-electron chi connectivity index (χ1n) is 5.93. The summed E-state index contributed by atoms with van der Waals surface area (Å²) < 4.78 is 39.2. The highest BCUT2D eigenvalue weighted by molar-refractivity contribution is 6.30. The van der Waals surface area contributed by atoms with E-state index in [0.717, 1.165) is 18.6 Å². The van der Waals surface area contributed by atoms with Crippen LogP contribution in [0.15, 0.2) is 18.5 Å². The first kappa shape index (κ1) is 14.6. The van der Waals surface area contributed by atoms with Crippen molar-refractivity contribution < 1.29 is 13.2 Å². The largest absolute Gasteiger partial charge is 0.340 e. The lowest BCUT2D eigenvalue weighted by atomic mass is 10.2. The molecule has 0 fully saturated rings. The molecule has 106 valence electrons. The van der Waals surface area contributed by atoms with Crippen LogP contribution in [0.5, 0.6) is 0 Å². The van der Waals surface area contributed by atoms with E-state index in [1.807, 2.05) is 6.92 Å². The molecular weight excluding hydrogens is 291 g/mol. The lowest BCUT2D eigenvalue weighted by Crippen LogP contribution is -2.03. The maximum atomic E-state index is 13.2. The monoisotopic (exact) mass is 301 g/mol. The van der Waals surface area contributed by atoms with Gasteiger partial charge in [0.25, 0.3) is 0 Å². The second kappa shape index (κ2) is 6.09. The van der Waals surface area contributed by atoms with Crippen molar-refractivity contribution in [2.75, 3.05) is 5.32 Å². The van der Waals surface area contributed by atoms with E-state index in [0.29, 0.717) is 17.8 Å². The van der Waals surface area contributed by atoms with Crippen molar-refractivity contribution in [2.45, 2.75) is 19.8 Å². The maximum Gasteiger partial charge on any atom is 0.194 e. The van der Waals surface area contributed by atoms with Crippen LogP contribution in [0.4, 0.5) is 24.7 Å². The average molecular weight is 302 g/mol. The van der Waals surface area contributed by atoms with Crippen molar-refractivity contribution in [1.82, 2.24) is 9.97 Å². The van der Waals surface area contributed by atoms with Gasteiger partial charge < -0.3 is 5.32 Å². The number of nitrogens with zero attached hydrogens (tertiary/aromatic N) is 2. The predicted molar refractivity (Wildman–Crippen MR) is 70.6 cm³/mol. The molecule has 0 atom stereocenters. The number of benzene rings is 1. The minimum atomic E-state index is -1.51. The van der Waals surface area contributed by atoms with Gasteiger partial charge in [-0.05, 0) is 6.42 Å². The number of hydrogen-bond acceptors (Lipinski definition) is 3. The smallest absolute Gasteiger partial charge is 0.194 e. The van der Waals surface area contributed by atoms with Crippen LogP contribution >= 0.6 is 11.6 Å². The molecule has 0 radical (unpaired) electrons. The number of nitrogens with one attached hydrogen (secondary N) is 1. The van der Waals surface area contributed by atoms with Crippen molar-refractivity contribution in [3.8, 4) is 0 Å². The fourth-order valence-electron chi connectivity index (χ4n) is 1.73. The van der Waals surface area contributed by atoms with E-state index in [4.69, 9.17) is 11.6 Å². The molecule has 2 rings (SSSR count). The predicted octanol–water partition coefficient (Wildman–Crippen LogP) is 4.24. The van der Waals surface area contributed by atoms with E-state index in [1.165, 1.54) is 6.33 Å². The van der Waals surface area contributed by atoms with Gasteiger partial charge in [-0.1, -0.05) is 24.9 Å². The number of aromatic nitrogens is 2. The summed E-state index contributed by atoms with van der Waals surface area (Å²) in [7, 11) is 0. The fraction of sp³-hybridized carbons (Fsp3) is 0.231. The number of rotatable bonds is 4. The summed E-state index contributed by atoms with van der Waals surface area (Å²) in [4.78, 5) is 7.85. The van der Waals surface area contributed by atoms with Gasteiger partial charge >= 0.3 is 0 Å². The van der Waals surface area contributed by atoms with Crippen LogP contribution < -0.4 is 5.32 Å². The molecule has 0 aliphatic heterocycles. The Hall–Kier alpha value is -1.82. The second-order valence-corrected chi connectivity index (χ2v) is 4.48. The van der Waals surface area contributed by atoms with Gasteiger partial charge in [0, 0.05) is 23.4 Å². The Bertz CT molecular complexity index is 611. The Kier molecular flexibility index (Phi) is 4.44. The van der Waals surface area contributed by atoms with E-state index < -0.39 is 17.5 Å². The maximum absolute atomic E-state index is 13.2. The molecule has 0 aliphatic carbocycles. The van der Waals surface area contributed by atoms with Crippen molar-refractivity contribution >= 4 is 23.1 Å². The third-order valence-electron chi connectivity index (χ3n) is 2.64. The van der Waals surface area contributed by atoms with Gasteiger partial charge in [-0.2, -0.15) is 0 Å². The molecule has 0 bridgehead atoms. The zero-order valence-electron chi connectivity index (χ0n) is 10.6. The second-order valence-electron chi connectivity index (χ2n) is 4.12. The van der Waals surface area contributed by atoms with Crippen LogP contribution in [0, 0.1) is 17.5 Å². The van der Waals surface area contributed by atoms with Gasteiger partial charge in [-0.3, -0.25) is 0 Å². The van der Waals surface area contributed by atoms with Crippen molar-refractivity contribution in [1.29, 1.82) is 0 Å². The normalized spacial score (nSPS) is 10.7. The zero-order chi connectivity index (χ0) is 14.7. The summed E-state index contributed by atoms with van der Waals surface area (Å²) in [5.74, 6) is -3.71. The molecule has 0 saturated carbocycles. The minimum absolute atomic E-state index is 0.0496. The van der Waals surface area contributed by atoms with Gasteiger partial charge in [0.2, 0.25) is 0 Å². The average Bonchev–Trinajstić information content (AvgIpc) is 2.40. The molecule has 1 N–H and O–H groups in total. The highest BCUT2D eigenvalue weighted by Gasteiger charge is 2.13. The standard InChI is InChI=1S/C13H11ClF3N3/c1-2-3-8-12(14)18-6-19-13(8)20-7-4-9(15)11(17)10(16)5-7/h4-6H,2-3H2,1H3,(H,18,19,20). The summed E-state index contributed by atoms with van der Waals surface area (Å²) in [5.41, 5.74) is 0.690. The summed E-state index contributed by atoms with van der Waals surface area (Å²) in [6.07, 6.45) is 2.64. The molecule has 0 unspecified atom stereocenters. The third kappa shape index (κ3) is 3.01. The lowest BCUT2D eigenvalue weighted by molar-refractivity contribution is 0.448. The zero-order valence-corrected chi connectivity index (χ0v) is 11.3. The lowest BCUT2D eigenvalue weighted by Gasteiger charge is -2.11. The highest BCUT2D eigenvalue weighted by Crippen LogP contribution is 2.26. The molecule has 0 aliphatic rings. The van der Waals surface area contributed by atoms with Crippen LogP contribution in [0.3, 0.4) is 0 Å². The molecule has 20 heavy (non-hydrogen) atoms. The van der Waals surface area contributed by atoms with Gasteiger partial charge in [-0.25, -0.2) is 23.1 Å². The molecule has 0 spiro atoms. The van der Waals surface area contributed by atoms with Gasteiger partial charge in [0.15, 0.2) is 17.5 Å². The summed E-state index contributed by atoms with van der Waals surface area (Å²) in [6.45, 7) is 1.95. The van der Waals surface area contributed by atoms with Crippen LogP contribution in [0.1, 0.15) is 18.9 Å². The van der Waals surface area contributed by atoms with E-state index in [-0.39, 0.29) is 10.8 Å². The molecular formula is C13H11ClF3N3. The van der Waals surface area contributed by atoms with E-state index in [9.17, 15) is 13.2 Å². The molecule has 7 heteroatoms. The number of hydrogen-bond donors (Lipinski definition) is 1. The van der Waals surface area contributed by atoms with Gasteiger partial charge in [-0.15, -0.1) is 0 Å². The van der Waals surface area contributed by atoms with Crippen LogP contribution in [-0.2, 0) is 6.42 Å². The number of anilines is 2. The van der Waals surface area contributed by atoms with Gasteiger partial charge in [0.05, 0.1) is 0 Å². The summed E-state index contributed by atoms with van der Waals surface area (Å²) >= 11 is 5.96. The molecule has 1 heterocycles. The first-order chi connectivity index (χ1) is 9.52. The Labute approximate surface area is 118 Å². The Morgan fingerprint density at radius 2 is 1.80 bits per heavy atom. The van der Waals surface area contributed by atoms with E-state index >= 15 is 0 Å². The Morgan fingerprint density at radius 3 is 2.40 bits per heavy atom. The fourth-order valence-corrected chi connectivity index (χ4v) is 1.96. The number of halogens is 4. The SMILES string of the molecule is CCCc1c(Cl)ncnc1Nc1cc(F)c(F)c(F)c1. The molecule has 1 aromatic carbocycles. The topological polar surface area (TPSA) is 37.8 Å². The van der Waals surface area contributed by atoms with Crippen LogP contribution in [0.2, 0.25) is 5.15 Å². The molecule has 3 nitrogen and oxygen atoms in total. The quantitative estimate of drug-likeness (QED) is 0.678. The minimum Gasteiger partial charge on any atom is -0.340 e. The van der Waals surface area contributed by atoms with E-state index in [2.05, 4.69) is 15.3 Å². The first-order valence-corrected chi connectivity index (χ1v) is 6.31. The van der Waals surface area contributed by atoms with Crippen LogP contribution in [-0.4, -0.2) is 9.97 Å². The molecule has 2 aromatic rings. The Balaban J connectivity index is 2.37. The third-order valence-corrected chi connectivity index (χ3v) is 2.97. The van der Waals surface area contributed by atoms with Crippen molar-refractivity contribution in [3.05, 3.63) is 46.6 Å². The van der Waals surface area contributed by atoms with E-state index in [1.54, 1.807) is 0 Å². The molecule has 0 saturated heterocycles. The molecule has 0 amide bonds. The van der Waals surface area contributed by atoms with Crippen LogP contribution in [0.25, 0.3) is 0 Å². The van der Waals surface area contributed by atoms with Crippen molar-refractivity contribution in [2.24, 2.45) is 0 Å². The summed E-state index contributed by atoms with van der Waals surface area (Å²) in [6, 6.07) is 1.70. The van der Waals surface area contributed by atoms with Crippen molar-refractivity contribution in [3.63, 3.8) is 0 Å². The molecule has 1 aromatic heterocycles. The summed E-state index contributed by atoms with van der Waals surface area (Å²) in [5, 5.41) is 3.00. The van der Waals surface area contributed by atoms with Gasteiger partial charge in [0.1, 0.15) is 17.3 Å². The Morgan fingerprint density at radius 1 is 1.15 bits per heavy atom. The highest BCUT2D eigenvalue weighted by atomic mass is 35.5.